The molecule has 0 amide bonds. The largest absolute Gasteiger partial charge is 1.00 e. The summed E-state index contributed by atoms with van der Waals surface area (Å²) in [5, 5.41) is 35.3. The zero-order valence-corrected chi connectivity index (χ0v) is 31.5. The van der Waals surface area contributed by atoms with E-state index in [2.05, 4.69) is 11.2 Å². The quantitative estimate of drug-likeness (QED) is 0.0830. The summed E-state index contributed by atoms with van der Waals surface area (Å²) >= 11 is 1.31. The standard InChI is InChI=1S/C34H33F2N6O3S.C2HF3O2.BrH/c1-20-11-25(12-21(2)31(20)45-33(43)23(4)38)15-41-18-39-42(19-41)17-34(44,28-10-9-27(35)13-29(28)36)22(3)32-40-30(16-46-32)26-7-5-24(14-37)6-8-26;3-2(4,5)1(6)7;/h5-13,16,18-19,22-23,44H,15,17,38H2,1-4H3;(H,6,7);1H/q+1;;/p-1/t22-,23-,34+;;/m0../s1. The number of thiazole rings is 1. The van der Waals surface area contributed by atoms with Crippen LogP contribution in [0.1, 0.15) is 52.6 Å². The molecule has 0 fully saturated rings. The summed E-state index contributed by atoms with van der Waals surface area (Å²) in [6.45, 7) is 7.26. The number of carboxylic acid groups (broad SMARTS) is 1. The second-order valence-corrected chi connectivity index (χ2v) is 13.1. The van der Waals surface area contributed by atoms with E-state index in [0.717, 1.165) is 34.4 Å². The topological polar surface area (TPSA) is 168 Å². The molecular formula is C36H34BrF5N6O5S. The van der Waals surface area contributed by atoms with Crippen LogP contribution in [0.25, 0.3) is 11.3 Å². The Kier molecular flexibility index (Phi) is 14.3. The Hall–Kier alpha value is -5.09. The second kappa shape index (κ2) is 17.8. The summed E-state index contributed by atoms with van der Waals surface area (Å²) in [5.41, 5.74) is 8.14. The highest BCUT2D eigenvalue weighted by atomic mass is 79.9. The summed E-state index contributed by atoms with van der Waals surface area (Å²) < 4.78 is 69.7. The number of alkyl halides is 3. The number of carboxylic acids is 1. The van der Waals surface area contributed by atoms with Crippen molar-refractivity contribution < 1.29 is 68.0 Å². The van der Waals surface area contributed by atoms with Crippen LogP contribution in [0.2, 0.25) is 0 Å². The monoisotopic (exact) mass is 836 g/mol. The smallest absolute Gasteiger partial charge is 0.490 e. The molecule has 0 aliphatic carbocycles. The van der Waals surface area contributed by atoms with Crippen LogP contribution in [0.15, 0.2) is 72.6 Å². The molecule has 0 saturated carbocycles. The highest BCUT2D eigenvalue weighted by Gasteiger charge is 2.43. The van der Waals surface area contributed by atoms with Crippen LogP contribution in [-0.4, -0.2) is 49.1 Å². The number of rotatable bonds is 10. The molecule has 286 valence electrons. The Labute approximate surface area is 320 Å². The first-order valence-electron chi connectivity index (χ1n) is 15.7. The number of hydrogen-bond donors (Lipinski definition) is 3. The summed E-state index contributed by atoms with van der Waals surface area (Å²) in [6, 6.07) is 15.2. The number of aromatic nitrogens is 4. The minimum Gasteiger partial charge on any atom is -1.00 e. The van der Waals surface area contributed by atoms with Crippen LogP contribution in [0, 0.1) is 36.8 Å². The number of aliphatic carboxylic acids is 1. The van der Waals surface area contributed by atoms with Gasteiger partial charge in [0, 0.05) is 33.6 Å². The maximum atomic E-state index is 15.3. The number of nitrogens with zero attached hydrogens (tertiary/aromatic N) is 5. The number of ether oxygens (including phenoxy) is 1. The van der Waals surface area contributed by atoms with Crippen molar-refractivity contribution in [3.63, 3.8) is 0 Å². The van der Waals surface area contributed by atoms with Crippen LogP contribution in [0.5, 0.6) is 5.75 Å². The lowest BCUT2D eigenvalue weighted by molar-refractivity contribution is -0.689. The van der Waals surface area contributed by atoms with Crippen molar-refractivity contribution >= 4 is 23.3 Å². The fourth-order valence-electron chi connectivity index (χ4n) is 5.31. The lowest BCUT2D eigenvalue weighted by Gasteiger charge is -2.32. The van der Waals surface area contributed by atoms with E-state index >= 15 is 4.39 Å². The minimum absolute atomic E-state index is 0. The minimum atomic E-state index is -5.08. The zero-order chi connectivity index (χ0) is 39.2. The normalized spacial score (nSPS) is 13.3. The van der Waals surface area contributed by atoms with Gasteiger partial charge in [-0.3, -0.25) is 0 Å². The maximum absolute atomic E-state index is 15.3. The Morgan fingerprint density at radius 2 is 1.69 bits per heavy atom. The summed E-state index contributed by atoms with van der Waals surface area (Å²) in [5.74, 6) is -5.16. The number of carbonyl (C=O) groups is 2. The van der Waals surface area contributed by atoms with E-state index in [0.29, 0.717) is 28.6 Å². The average Bonchev–Trinajstić information content (AvgIpc) is 3.75. The number of benzene rings is 3. The third-order valence-corrected chi connectivity index (χ3v) is 9.08. The van der Waals surface area contributed by atoms with Gasteiger partial charge in [0.15, 0.2) is 0 Å². The van der Waals surface area contributed by atoms with E-state index in [1.54, 1.807) is 55.3 Å². The summed E-state index contributed by atoms with van der Waals surface area (Å²) in [4.78, 5) is 25.7. The molecule has 0 bridgehead atoms. The van der Waals surface area contributed by atoms with Gasteiger partial charge in [0.1, 0.15) is 35.6 Å². The summed E-state index contributed by atoms with van der Waals surface area (Å²) in [6.07, 6.45) is -1.80. The number of nitrogens with two attached hydrogens (primary N) is 1. The Morgan fingerprint density at radius 3 is 2.22 bits per heavy atom. The van der Waals surface area contributed by atoms with Crippen molar-refractivity contribution in [3.8, 4) is 23.1 Å². The molecule has 0 saturated heterocycles. The van der Waals surface area contributed by atoms with E-state index in [1.807, 2.05) is 31.4 Å². The predicted molar refractivity (Wildman–Crippen MR) is 181 cm³/mol. The Bertz CT molecular complexity index is 2130. The van der Waals surface area contributed by atoms with Gasteiger partial charge in [-0.2, -0.15) is 18.4 Å². The number of aryl methyl sites for hydroxylation is 2. The van der Waals surface area contributed by atoms with E-state index in [1.165, 1.54) is 22.1 Å². The number of esters is 1. The molecule has 0 radical (unpaired) electrons. The van der Waals surface area contributed by atoms with E-state index in [-0.39, 0.29) is 29.1 Å². The first-order valence-corrected chi connectivity index (χ1v) is 16.6. The molecule has 2 aromatic heterocycles. The van der Waals surface area contributed by atoms with Crippen molar-refractivity contribution in [2.45, 2.75) is 64.5 Å². The number of hydrogen-bond acceptors (Lipinski definition) is 9. The number of aliphatic hydroxyl groups is 1. The van der Waals surface area contributed by atoms with Crippen molar-refractivity contribution in [1.29, 1.82) is 5.26 Å². The van der Waals surface area contributed by atoms with Crippen LogP contribution in [0.4, 0.5) is 22.0 Å². The molecular weight excluding hydrogens is 803 g/mol. The summed E-state index contributed by atoms with van der Waals surface area (Å²) in [7, 11) is 0. The van der Waals surface area contributed by atoms with Crippen LogP contribution >= 0.6 is 11.3 Å². The van der Waals surface area contributed by atoms with Gasteiger partial charge in [-0.1, -0.05) is 25.1 Å². The molecule has 18 heteroatoms. The molecule has 4 N–H and O–H groups in total. The van der Waals surface area contributed by atoms with Crippen LogP contribution in [0.3, 0.4) is 0 Å². The Balaban J connectivity index is 0.000000893. The fraction of sp³-hybridized carbons (Fsp3) is 0.278. The van der Waals surface area contributed by atoms with Gasteiger partial charge in [-0.05, 0) is 67.8 Å². The number of carbonyl (C=O) groups excluding carboxylic acids is 1. The molecule has 11 nitrogen and oxygen atoms in total. The molecule has 54 heavy (non-hydrogen) atoms. The number of nitriles is 1. The first-order chi connectivity index (χ1) is 24.8. The fourth-order valence-corrected chi connectivity index (χ4v) is 6.28. The van der Waals surface area contributed by atoms with Crippen molar-refractivity contribution in [1.82, 2.24) is 14.8 Å². The lowest BCUT2D eigenvalue weighted by Crippen LogP contribution is -3.00. The van der Waals surface area contributed by atoms with E-state index in [4.69, 9.17) is 30.6 Å². The number of halogens is 6. The molecule has 0 spiro atoms. The van der Waals surface area contributed by atoms with Crippen LogP contribution < -0.4 is 32.0 Å². The molecule has 3 atom stereocenters. The lowest BCUT2D eigenvalue weighted by atomic mass is 9.82. The van der Waals surface area contributed by atoms with Gasteiger partial charge < -0.3 is 37.7 Å². The molecule has 2 heterocycles. The van der Waals surface area contributed by atoms with Gasteiger partial charge >= 0.3 is 18.1 Å². The second-order valence-electron chi connectivity index (χ2n) is 12.2. The molecule has 0 aliphatic rings. The third kappa shape index (κ3) is 10.5. The Morgan fingerprint density at radius 1 is 1.07 bits per heavy atom. The van der Waals surface area contributed by atoms with Crippen molar-refractivity contribution in [3.05, 3.63) is 117 Å². The molecule has 0 aliphatic heterocycles. The average molecular weight is 838 g/mol. The predicted octanol–water partition coefficient (Wildman–Crippen LogP) is 2.69. The van der Waals surface area contributed by atoms with Gasteiger partial charge in [-0.25, -0.2) is 27.9 Å². The highest BCUT2D eigenvalue weighted by molar-refractivity contribution is 7.10. The molecule has 5 aromatic rings. The highest BCUT2D eigenvalue weighted by Crippen LogP contribution is 2.41. The van der Waals surface area contributed by atoms with Gasteiger partial charge in [0.2, 0.25) is 6.33 Å². The zero-order valence-electron chi connectivity index (χ0n) is 29.1. The van der Waals surface area contributed by atoms with Gasteiger partial charge in [0.05, 0.1) is 28.9 Å². The van der Waals surface area contributed by atoms with E-state index < -0.39 is 47.3 Å². The molecule has 5 rings (SSSR count). The van der Waals surface area contributed by atoms with Crippen molar-refractivity contribution in [2.24, 2.45) is 5.73 Å². The van der Waals surface area contributed by atoms with Crippen LogP contribution in [-0.2, 0) is 28.3 Å². The van der Waals surface area contributed by atoms with Crippen molar-refractivity contribution in [2.75, 3.05) is 0 Å². The van der Waals surface area contributed by atoms with Gasteiger partial charge in [-0.15, -0.1) is 16.0 Å². The third-order valence-electron chi connectivity index (χ3n) is 8.05. The SMILES string of the molecule is Cc1cc(C[n+]2cnn(C[C@](O)(c3ccc(F)cc3F)[C@@H](C)c3nc(-c4ccc(C#N)cc4)cs3)c2)cc(C)c1OC(=O)[C@H](C)N.O=C(O)C(F)(F)F.[Br-]. The molecule has 3 aromatic carbocycles. The van der Waals surface area contributed by atoms with E-state index in [9.17, 15) is 27.5 Å². The maximum Gasteiger partial charge on any atom is 0.490 e. The first kappa shape index (κ1) is 43.3. The van der Waals surface area contributed by atoms with Gasteiger partial charge in [0.25, 0.3) is 6.33 Å². The molecule has 0 unspecified atom stereocenters.